The molecule has 0 aliphatic carbocycles. The van der Waals surface area contributed by atoms with Gasteiger partial charge < -0.3 is 0 Å². The van der Waals surface area contributed by atoms with Crippen LogP contribution >= 0.6 is 0 Å². The number of hydrogen-bond donors (Lipinski definition) is 1. The van der Waals surface area contributed by atoms with Crippen LogP contribution in [0.25, 0.3) is 17.3 Å². The summed E-state index contributed by atoms with van der Waals surface area (Å²) in [6, 6.07) is 19.0. The summed E-state index contributed by atoms with van der Waals surface area (Å²) >= 11 is 0. The summed E-state index contributed by atoms with van der Waals surface area (Å²) in [4.78, 5) is 12.1. The van der Waals surface area contributed by atoms with E-state index in [1.807, 2.05) is 66.7 Å². The molecular weight excluding hydrogens is 260 g/mol. The SMILES string of the molecule is O=C(C=Cc1ccccc1-c1ccn[nH]1)c1ccccc1. The monoisotopic (exact) mass is 274 g/mol. The van der Waals surface area contributed by atoms with Crippen LogP contribution < -0.4 is 0 Å². The maximum Gasteiger partial charge on any atom is 0.185 e. The fourth-order valence-corrected chi connectivity index (χ4v) is 2.16. The molecule has 0 amide bonds. The molecule has 0 fully saturated rings. The van der Waals surface area contributed by atoms with Crippen molar-refractivity contribution in [3.8, 4) is 11.3 Å². The normalized spacial score (nSPS) is 10.9. The molecule has 0 saturated carbocycles. The zero-order valence-corrected chi connectivity index (χ0v) is 11.4. The Labute approximate surface area is 123 Å². The number of allylic oxidation sites excluding steroid dienone is 1. The number of ketones is 1. The molecule has 0 spiro atoms. The number of carbonyl (C=O) groups is 1. The standard InChI is InChI=1S/C18H14N2O/c21-18(15-7-2-1-3-8-15)11-10-14-6-4-5-9-16(14)17-12-13-19-20-17/h1-13H,(H,19,20). The lowest BCUT2D eigenvalue weighted by atomic mass is 10.0. The number of hydrogen-bond acceptors (Lipinski definition) is 2. The summed E-state index contributed by atoms with van der Waals surface area (Å²) in [5.74, 6) is -0.00462. The zero-order valence-electron chi connectivity index (χ0n) is 11.4. The van der Waals surface area contributed by atoms with Gasteiger partial charge in [-0.25, -0.2) is 0 Å². The van der Waals surface area contributed by atoms with E-state index in [4.69, 9.17) is 0 Å². The maximum absolute atomic E-state index is 12.1. The summed E-state index contributed by atoms with van der Waals surface area (Å²) in [7, 11) is 0. The highest BCUT2D eigenvalue weighted by Gasteiger charge is 2.04. The van der Waals surface area contributed by atoms with Gasteiger partial charge in [0.15, 0.2) is 5.78 Å². The molecule has 21 heavy (non-hydrogen) atoms. The van der Waals surface area contributed by atoms with E-state index in [0.29, 0.717) is 5.56 Å². The Morgan fingerprint density at radius 1 is 0.952 bits per heavy atom. The summed E-state index contributed by atoms with van der Waals surface area (Å²) < 4.78 is 0. The molecule has 1 N–H and O–H groups in total. The van der Waals surface area contributed by atoms with Gasteiger partial charge in [0, 0.05) is 17.3 Å². The fraction of sp³-hybridized carbons (Fsp3) is 0. The Balaban J connectivity index is 1.89. The van der Waals surface area contributed by atoms with Gasteiger partial charge in [0.2, 0.25) is 0 Å². The van der Waals surface area contributed by atoms with Gasteiger partial charge in [-0.05, 0) is 17.7 Å². The van der Waals surface area contributed by atoms with Crippen LogP contribution in [0.4, 0.5) is 0 Å². The van der Waals surface area contributed by atoms with Crippen molar-refractivity contribution in [1.29, 1.82) is 0 Å². The van der Waals surface area contributed by atoms with Crippen LogP contribution in [0.1, 0.15) is 15.9 Å². The second-order valence-corrected chi connectivity index (χ2v) is 4.62. The molecular formula is C18H14N2O. The number of benzene rings is 2. The number of carbonyl (C=O) groups excluding carboxylic acids is 1. The summed E-state index contributed by atoms with van der Waals surface area (Å²) in [6.45, 7) is 0. The van der Waals surface area contributed by atoms with Crippen LogP contribution in [0, 0.1) is 0 Å². The van der Waals surface area contributed by atoms with Crippen molar-refractivity contribution in [2.75, 3.05) is 0 Å². The van der Waals surface area contributed by atoms with Crippen molar-refractivity contribution in [3.63, 3.8) is 0 Å². The Kier molecular flexibility index (Phi) is 3.74. The first-order valence-corrected chi connectivity index (χ1v) is 6.71. The molecule has 0 aliphatic rings. The van der Waals surface area contributed by atoms with E-state index in [9.17, 15) is 4.79 Å². The van der Waals surface area contributed by atoms with Crippen LogP contribution in [-0.2, 0) is 0 Å². The second-order valence-electron chi connectivity index (χ2n) is 4.62. The molecule has 2 aromatic carbocycles. The van der Waals surface area contributed by atoms with Gasteiger partial charge in [-0.15, -0.1) is 0 Å². The molecule has 3 heteroatoms. The van der Waals surface area contributed by atoms with Crippen molar-refractivity contribution >= 4 is 11.9 Å². The summed E-state index contributed by atoms with van der Waals surface area (Å²) in [5.41, 5.74) is 3.62. The van der Waals surface area contributed by atoms with Crippen LogP contribution in [0.15, 0.2) is 72.9 Å². The van der Waals surface area contributed by atoms with Crippen LogP contribution in [0.3, 0.4) is 0 Å². The van der Waals surface area contributed by atoms with E-state index in [0.717, 1.165) is 16.8 Å². The number of aromatic nitrogens is 2. The number of nitrogens with zero attached hydrogens (tertiary/aromatic N) is 1. The van der Waals surface area contributed by atoms with Crippen molar-refractivity contribution < 1.29 is 4.79 Å². The molecule has 0 unspecified atom stereocenters. The number of nitrogens with one attached hydrogen (secondary N) is 1. The zero-order chi connectivity index (χ0) is 14.5. The van der Waals surface area contributed by atoms with Gasteiger partial charge in [0.25, 0.3) is 0 Å². The first kappa shape index (κ1) is 13.1. The molecule has 0 bridgehead atoms. The smallest absolute Gasteiger partial charge is 0.185 e. The van der Waals surface area contributed by atoms with E-state index in [-0.39, 0.29) is 5.78 Å². The average molecular weight is 274 g/mol. The first-order chi connectivity index (χ1) is 10.3. The van der Waals surface area contributed by atoms with Gasteiger partial charge in [-0.1, -0.05) is 60.7 Å². The lowest BCUT2D eigenvalue weighted by Gasteiger charge is -2.03. The van der Waals surface area contributed by atoms with Gasteiger partial charge in [0.05, 0.1) is 5.69 Å². The van der Waals surface area contributed by atoms with E-state index < -0.39 is 0 Å². The number of aromatic amines is 1. The predicted octanol–water partition coefficient (Wildman–Crippen LogP) is 3.97. The Bertz CT molecular complexity index is 759. The summed E-state index contributed by atoms with van der Waals surface area (Å²) in [6.07, 6.45) is 5.15. The third-order valence-corrected chi connectivity index (χ3v) is 3.22. The molecule has 3 aromatic rings. The predicted molar refractivity (Wildman–Crippen MR) is 83.8 cm³/mol. The van der Waals surface area contributed by atoms with Gasteiger partial charge >= 0.3 is 0 Å². The van der Waals surface area contributed by atoms with Gasteiger partial charge in [-0.3, -0.25) is 9.89 Å². The number of H-pyrrole nitrogens is 1. The minimum atomic E-state index is -0.00462. The highest BCUT2D eigenvalue weighted by molar-refractivity contribution is 6.07. The lowest BCUT2D eigenvalue weighted by Crippen LogP contribution is -1.93. The van der Waals surface area contributed by atoms with E-state index in [1.165, 1.54) is 0 Å². The molecule has 102 valence electrons. The van der Waals surface area contributed by atoms with Crippen LogP contribution in [0.2, 0.25) is 0 Å². The molecule has 3 rings (SSSR count). The van der Waals surface area contributed by atoms with E-state index in [1.54, 1.807) is 12.3 Å². The average Bonchev–Trinajstić information content (AvgIpc) is 3.08. The molecule has 0 saturated heterocycles. The van der Waals surface area contributed by atoms with Crippen LogP contribution in [0.5, 0.6) is 0 Å². The minimum Gasteiger partial charge on any atom is -0.289 e. The summed E-state index contributed by atoms with van der Waals surface area (Å²) in [5, 5.41) is 6.91. The van der Waals surface area contributed by atoms with E-state index >= 15 is 0 Å². The molecule has 0 aliphatic heterocycles. The van der Waals surface area contributed by atoms with Gasteiger partial charge in [0.1, 0.15) is 0 Å². The Morgan fingerprint density at radius 2 is 1.71 bits per heavy atom. The topological polar surface area (TPSA) is 45.8 Å². The Morgan fingerprint density at radius 3 is 2.48 bits per heavy atom. The third kappa shape index (κ3) is 2.98. The third-order valence-electron chi connectivity index (χ3n) is 3.22. The largest absolute Gasteiger partial charge is 0.289 e. The maximum atomic E-state index is 12.1. The van der Waals surface area contributed by atoms with Crippen molar-refractivity contribution in [1.82, 2.24) is 10.2 Å². The van der Waals surface area contributed by atoms with Crippen molar-refractivity contribution in [2.24, 2.45) is 0 Å². The highest BCUT2D eigenvalue weighted by atomic mass is 16.1. The Hall–Kier alpha value is -2.94. The van der Waals surface area contributed by atoms with Gasteiger partial charge in [-0.2, -0.15) is 5.10 Å². The molecule has 3 nitrogen and oxygen atoms in total. The molecule has 0 atom stereocenters. The second kappa shape index (κ2) is 6.01. The van der Waals surface area contributed by atoms with Crippen molar-refractivity contribution in [3.05, 3.63) is 84.1 Å². The first-order valence-electron chi connectivity index (χ1n) is 6.71. The minimum absolute atomic E-state index is 0.00462. The lowest BCUT2D eigenvalue weighted by molar-refractivity contribution is 0.104. The fourth-order valence-electron chi connectivity index (χ4n) is 2.16. The molecule has 0 radical (unpaired) electrons. The molecule has 1 aromatic heterocycles. The van der Waals surface area contributed by atoms with E-state index in [2.05, 4.69) is 10.2 Å². The highest BCUT2D eigenvalue weighted by Crippen LogP contribution is 2.22. The number of rotatable bonds is 4. The van der Waals surface area contributed by atoms with Crippen LogP contribution in [-0.4, -0.2) is 16.0 Å². The molecule has 1 heterocycles. The van der Waals surface area contributed by atoms with Crippen molar-refractivity contribution in [2.45, 2.75) is 0 Å². The quantitative estimate of drug-likeness (QED) is 0.578.